The SMILES string of the molecule is c1ccc(-c2c[nH]c3nc4oc5ccccc5c4cc23)cc1. The van der Waals surface area contributed by atoms with E-state index < -0.39 is 0 Å². The molecule has 3 heteroatoms. The summed E-state index contributed by atoms with van der Waals surface area (Å²) < 4.78 is 5.84. The molecule has 0 aliphatic heterocycles. The summed E-state index contributed by atoms with van der Waals surface area (Å²) in [7, 11) is 0. The number of H-pyrrole nitrogens is 1. The Kier molecular flexibility index (Phi) is 2.22. The number of aromatic amines is 1. The predicted molar refractivity (Wildman–Crippen MR) is 88.8 cm³/mol. The van der Waals surface area contributed by atoms with Gasteiger partial charge >= 0.3 is 0 Å². The number of nitrogens with zero attached hydrogens (tertiary/aromatic N) is 1. The van der Waals surface area contributed by atoms with Crippen molar-refractivity contribution in [3.8, 4) is 11.1 Å². The molecule has 0 unspecified atom stereocenters. The molecule has 3 heterocycles. The van der Waals surface area contributed by atoms with E-state index in [1.165, 1.54) is 5.56 Å². The van der Waals surface area contributed by atoms with Gasteiger partial charge < -0.3 is 9.40 Å². The number of aromatic nitrogens is 2. The van der Waals surface area contributed by atoms with E-state index in [9.17, 15) is 0 Å². The quantitative estimate of drug-likeness (QED) is 0.463. The minimum Gasteiger partial charge on any atom is -0.438 e. The first-order valence-electron chi connectivity index (χ1n) is 7.25. The van der Waals surface area contributed by atoms with E-state index in [4.69, 9.17) is 4.42 Å². The number of hydrogen-bond donors (Lipinski definition) is 1. The second kappa shape index (κ2) is 4.21. The normalized spacial score (nSPS) is 11.6. The molecule has 0 aliphatic rings. The first-order chi connectivity index (χ1) is 10.9. The lowest BCUT2D eigenvalue weighted by molar-refractivity contribution is 0.655. The Labute approximate surface area is 126 Å². The highest BCUT2D eigenvalue weighted by molar-refractivity contribution is 6.09. The average Bonchev–Trinajstić information content (AvgIpc) is 3.14. The number of rotatable bonds is 1. The number of para-hydroxylation sites is 1. The third-order valence-electron chi connectivity index (χ3n) is 4.10. The van der Waals surface area contributed by atoms with Gasteiger partial charge in [-0.3, -0.25) is 0 Å². The summed E-state index contributed by atoms with van der Waals surface area (Å²) in [6.07, 6.45) is 2.01. The molecule has 0 aliphatic carbocycles. The molecule has 104 valence electrons. The lowest BCUT2D eigenvalue weighted by Crippen LogP contribution is -1.78. The molecule has 0 amide bonds. The smallest absolute Gasteiger partial charge is 0.229 e. The Hall–Kier alpha value is -3.07. The lowest BCUT2D eigenvalue weighted by atomic mass is 10.1. The van der Waals surface area contributed by atoms with E-state index in [1.54, 1.807) is 0 Å². The van der Waals surface area contributed by atoms with Crippen LogP contribution in [-0.4, -0.2) is 9.97 Å². The molecule has 3 aromatic heterocycles. The third kappa shape index (κ3) is 1.53. The van der Waals surface area contributed by atoms with Crippen LogP contribution in [0.15, 0.2) is 71.3 Å². The van der Waals surface area contributed by atoms with Crippen molar-refractivity contribution in [2.24, 2.45) is 0 Å². The number of pyridine rings is 1. The van der Waals surface area contributed by atoms with Crippen LogP contribution < -0.4 is 0 Å². The summed E-state index contributed by atoms with van der Waals surface area (Å²) in [5.74, 6) is 0. The molecule has 1 N–H and O–H groups in total. The first kappa shape index (κ1) is 11.6. The van der Waals surface area contributed by atoms with Crippen molar-refractivity contribution >= 4 is 33.1 Å². The van der Waals surface area contributed by atoms with Gasteiger partial charge in [0, 0.05) is 27.9 Å². The number of benzene rings is 2. The van der Waals surface area contributed by atoms with Gasteiger partial charge in [0.1, 0.15) is 11.2 Å². The van der Waals surface area contributed by atoms with Gasteiger partial charge in [-0.15, -0.1) is 0 Å². The monoisotopic (exact) mass is 284 g/mol. The molecule has 0 fully saturated rings. The minimum absolute atomic E-state index is 0.676. The van der Waals surface area contributed by atoms with Crippen LogP contribution in [0.3, 0.4) is 0 Å². The topological polar surface area (TPSA) is 41.8 Å². The van der Waals surface area contributed by atoms with Crippen LogP contribution in [0.25, 0.3) is 44.2 Å². The fourth-order valence-corrected chi connectivity index (χ4v) is 3.04. The minimum atomic E-state index is 0.676. The van der Waals surface area contributed by atoms with Gasteiger partial charge in [0.2, 0.25) is 5.71 Å². The number of fused-ring (bicyclic) bond motifs is 4. The summed E-state index contributed by atoms with van der Waals surface area (Å²) in [6.45, 7) is 0. The molecule has 0 atom stereocenters. The van der Waals surface area contributed by atoms with Crippen LogP contribution in [0.4, 0.5) is 0 Å². The highest BCUT2D eigenvalue weighted by Crippen LogP contribution is 2.34. The van der Waals surface area contributed by atoms with Gasteiger partial charge in [0.05, 0.1) is 0 Å². The van der Waals surface area contributed by atoms with Crippen molar-refractivity contribution in [3.05, 3.63) is 66.9 Å². The Bertz CT molecular complexity index is 1120. The van der Waals surface area contributed by atoms with E-state index >= 15 is 0 Å². The van der Waals surface area contributed by atoms with Crippen molar-refractivity contribution in [1.82, 2.24) is 9.97 Å². The molecular weight excluding hydrogens is 272 g/mol. The van der Waals surface area contributed by atoms with E-state index in [0.717, 1.165) is 33.0 Å². The molecule has 0 saturated heterocycles. The van der Waals surface area contributed by atoms with Crippen LogP contribution >= 0.6 is 0 Å². The maximum absolute atomic E-state index is 5.84. The van der Waals surface area contributed by atoms with Crippen molar-refractivity contribution in [2.45, 2.75) is 0 Å². The van der Waals surface area contributed by atoms with Gasteiger partial charge in [-0.1, -0.05) is 48.5 Å². The van der Waals surface area contributed by atoms with Gasteiger partial charge in [0.25, 0.3) is 0 Å². The fraction of sp³-hybridized carbons (Fsp3) is 0. The van der Waals surface area contributed by atoms with Gasteiger partial charge in [0.15, 0.2) is 0 Å². The van der Waals surface area contributed by atoms with E-state index in [0.29, 0.717) is 5.71 Å². The zero-order chi connectivity index (χ0) is 14.5. The van der Waals surface area contributed by atoms with Crippen LogP contribution in [0.5, 0.6) is 0 Å². The van der Waals surface area contributed by atoms with Crippen LogP contribution in [0.1, 0.15) is 0 Å². The first-order valence-corrected chi connectivity index (χ1v) is 7.25. The van der Waals surface area contributed by atoms with Gasteiger partial charge in [-0.25, -0.2) is 0 Å². The Morgan fingerprint density at radius 2 is 1.64 bits per heavy atom. The van der Waals surface area contributed by atoms with Crippen molar-refractivity contribution < 1.29 is 4.42 Å². The number of nitrogens with one attached hydrogen (secondary N) is 1. The average molecular weight is 284 g/mol. The molecule has 0 spiro atoms. The Morgan fingerprint density at radius 3 is 2.55 bits per heavy atom. The molecule has 22 heavy (non-hydrogen) atoms. The molecule has 0 radical (unpaired) electrons. The molecule has 5 rings (SSSR count). The van der Waals surface area contributed by atoms with Crippen molar-refractivity contribution in [1.29, 1.82) is 0 Å². The maximum Gasteiger partial charge on any atom is 0.229 e. The zero-order valence-electron chi connectivity index (χ0n) is 11.7. The molecular formula is C19H12N2O. The summed E-state index contributed by atoms with van der Waals surface area (Å²) in [5.41, 5.74) is 4.75. The van der Waals surface area contributed by atoms with Crippen LogP contribution in [0, 0.1) is 0 Å². The second-order valence-electron chi connectivity index (χ2n) is 5.40. The van der Waals surface area contributed by atoms with E-state index in [-0.39, 0.29) is 0 Å². The maximum atomic E-state index is 5.84. The summed E-state index contributed by atoms with van der Waals surface area (Å²) in [5, 5.41) is 3.28. The molecule has 0 saturated carbocycles. The number of hydrogen-bond acceptors (Lipinski definition) is 2. The summed E-state index contributed by atoms with van der Waals surface area (Å²) in [4.78, 5) is 7.89. The predicted octanol–water partition coefficient (Wildman–Crippen LogP) is 5.13. The third-order valence-corrected chi connectivity index (χ3v) is 4.10. The van der Waals surface area contributed by atoms with Gasteiger partial charge in [-0.05, 0) is 17.7 Å². The van der Waals surface area contributed by atoms with E-state index in [1.807, 2.05) is 42.6 Å². The van der Waals surface area contributed by atoms with Crippen molar-refractivity contribution in [3.63, 3.8) is 0 Å². The fourth-order valence-electron chi connectivity index (χ4n) is 3.04. The van der Waals surface area contributed by atoms with Gasteiger partial charge in [-0.2, -0.15) is 4.98 Å². The lowest BCUT2D eigenvalue weighted by Gasteiger charge is -1.98. The molecule has 5 aromatic rings. The number of furan rings is 1. The summed E-state index contributed by atoms with van der Waals surface area (Å²) >= 11 is 0. The highest BCUT2D eigenvalue weighted by atomic mass is 16.3. The molecule has 2 aromatic carbocycles. The Morgan fingerprint density at radius 1 is 0.818 bits per heavy atom. The molecule has 3 nitrogen and oxygen atoms in total. The van der Waals surface area contributed by atoms with Crippen LogP contribution in [-0.2, 0) is 0 Å². The highest BCUT2D eigenvalue weighted by Gasteiger charge is 2.13. The Balaban J connectivity index is 1.89. The zero-order valence-corrected chi connectivity index (χ0v) is 11.7. The largest absolute Gasteiger partial charge is 0.438 e. The van der Waals surface area contributed by atoms with E-state index in [2.05, 4.69) is 34.2 Å². The van der Waals surface area contributed by atoms with Crippen LogP contribution in [0.2, 0.25) is 0 Å². The van der Waals surface area contributed by atoms with Crippen molar-refractivity contribution in [2.75, 3.05) is 0 Å². The standard InChI is InChI=1S/C19H12N2O/c1-2-6-12(7-3-1)16-11-20-18-14(16)10-15-13-8-4-5-9-17(13)22-19(15)21-18/h1-11H,(H,20,21). The second-order valence-corrected chi connectivity index (χ2v) is 5.40. The summed E-state index contributed by atoms with van der Waals surface area (Å²) in [6, 6.07) is 20.6. The molecule has 0 bridgehead atoms.